The summed E-state index contributed by atoms with van der Waals surface area (Å²) in [5.41, 5.74) is 2.15. The van der Waals surface area contributed by atoms with Crippen molar-refractivity contribution >= 4 is 17.3 Å². The Bertz CT molecular complexity index is 497. The van der Waals surface area contributed by atoms with Gasteiger partial charge in [-0.1, -0.05) is 6.07 Å². The normalized spacial score (nSPS) is 25.9. The Morgan fingerprint density at radius 3 is 2.90 bits per heavy atom. The van der Waals surface area contributed by atoms with E-state index in [1.54, 1.807) is 0 Å². The van der Waals surface area contributed by atoms with Crippen LogP contribution < -0.4 is 15.5 Å². The Kier molecular flexibility index (Phi) is 4.44. The van der Waals surface area contributed by atoms with E-state index >= 15 is 0 Å². The molecule has 0 saturated carbocycles. The largest absolute Gasteiger partial charge is 0.371 e. The predicted molar refractivity (Wildman–Crippen MR) is 86.7 cm³/mol. The average molecular weight is 287 g/mol. The molecule has 0 spiro atoms. The lowest BCUT2D eigenvalue weighted by Crippen LogP contribution is -2.40. The van der Waals surface area contributed by atoms with Crippen LogP contribution in [0.25, 0.3) is 0 Å². The van der Waals surface area contributed by atoms with Gasteiger partial charge in [-0.25, -0.2) is 0 Å². The minimum atomic E-state index is 0.136. The van der Waals surface area contributed by atoms with Crippen LogP contribution in [-0.4, -0.2) is 31.6 Å². The van der Waals surface area contributed by atoms with Gasteiger partial charge in [0.25, 0.3) is 0 Å². The van der Waals surface area contributed by atoms with Gasteiger partial charge in [0, 0.05) is 36.4 Å². The van der Waals surface area contributed by atoms with Crippen LogP contribution >= 0.6 is 0 Å². The van der Waals surface area contributed by atoms with Crippen LogP contribution in [0.2, 0.25) is 0 Å². The first kappa shape index (κ1) is 14.4. The predicted octanol–water partition coefficient (Wildman–Crippen LogP) is 2.61. The van der Waals surface area contributed by atoms with Gasteiger partial charge in [0.2, 0.25) is 5.91 Å². The van der Waals surface area contributed by atoms with Gasteiger partial charge in [-0.15, -0.1) is 0 Å². The fraction of sp³-hybridized carbons (Fsp3) is 0.588. The molecule has 4 nitrogen and oxygen atoms in total. The van der Waals surface area contributed by atoms with Crippen molar-refractivity contribution in [2.75, 3.05) is 29.9 Å². The number of amides is 1. The molecule has 0 aromatic heterocycles. The molecule has 21 heavy (non-hydrogen) atoms. The molecule has 2 unspecified atom stereocenters. The molecule has 1 amide bonds. The van der Waals surface area contributed by atoms with Gasteiger partial charge >= 0.3 is 0 Å². The summed E-state index contributed by atoms with van der Waals surface area (Å²) < 4.78 is 0. The quantitative estimate of drug-likeness (QED) is 0.898. The van der Waals surface area contributed by atoms with Crippen LogP contribution in [0.4, 0.5) is 11.4 Å². The summed E-state index contributed by atoms with van der Waals surface area (Å²) in [5, 5.41) is 6.49. The highest BCUT2D eigenvalue weighted by atomic mass is 16.1. The number of nitrogens with zero attached hydrogens (tertiary/aromatic N) is 1. The molecule has 0 bridgehead atoms. The number of anilines is 2. The number of carbonyl (C=O) groups is 1. The van der Waals surface area contributed by atoms with Crippen molar-refractivity contribution in [3.63, 3.8) is 0 Å². The maximum atomic E-state index is 12.4. The molecule has 1 aromatic carbocycles. The van der Waals surface area contributed by atoms with E-state index in [0.717, 1.165) is 38.2 Å². The summed E-state index contributed by atoms with van der Waals surface area (Å²) in [6.07, 6.45) is 4.40. The Balaban J connectivity index is 1.64. The maximum absolute atomic E-state index is 12.4. The van der Waals surface area contributed by atoms with Gasteiger partial charge in [0.1, 0.15) is 0 Å². The number of rotatable bonds is 3. The Labute approximate surface area is 126 Å². The molecule has 2 N–H and O–H groups in total. The van der Waals surface area contributed by atoms with Crippen molar-refractivity contribution in [1.29, 1.82) is 0 Å². The van der Waals surface area contributed by atoms with E-state index in [9.17, 15) is 4.79 Å². The second kappa shape index (κ2) is 6.48. The van der Waals surface area contributed by atoms with Crippen molar-refractivity contribution in [2.45, 2.75) is 38.6 Å². The van der Waals surface area contributed by atoms with Crippen molar-refractivity contribution in [3.05, 3.63) is 24.3 Å². The minimum Gasteiger partial charge on any atom is -0.371 e. The molecule has 4 heteroatoms. The van der Waals surface area contributed by atoms with Crippen LogP contribution in [0.1, 0.15) is 32.6 Å². The lowest BCUT2D eigenvalue weighted by molar-refractivity contribution is -0.120. The number of hydrogen-bond donors (Lipinski definition) is 2. The van der Waals surface area contributed by atoms with Crippen LogP contribution in [0.3, 0.4) is 0 Å². The fourth-order valence-corrected chi connectivity index (χ4v) is 3.37. The maximum Gasteiger partial charge on any atom is 0.227 e. The molecule has 3 rings (SSSR count). The average Bonchev–Trinajstić information content (AvgIpc) is 3.02. The van der Waals surface area contributed by atoms with Crippen molar-refractivity contribution < 1.29 is 4.79 Å². The molecule has 2 aliphatic heterocycles. The van der Waals surface area contributed by atoms with Gasteiger partial charge in [-0.2, -0.15) is 0 Å². The van der Waals surface area contributed by atoms with Gasteiger partial charge in [-0.3, -0.25) is 4.79 Å². The number of benzene rings is 1. The highest BCUT2D eigenvalue weighted by Gasteiger charge is 2.24. The van der Waals surface area contributed by atoms with E-state index < -0.39 is 0 Å². The smallest absolute Gasteiger partial charge is 0.227 e. The lowest BCUT2D eigenvalue weighted by Gasteiger charge is -2.27. The summed E-state index contributed by atoms with van der Waals surface area (Å²) in [6.45, 7) is 5.34. The van der Waals surface area contributed by atoms with Gasteiger partial charge in [0.05, 0.1) is 0 Å². The standard InChI is InChI=1S/C17H25N3O/c1-13-11-14(7-8-18-13)17(21)19-15-5-4-6-16(12-15)20-9-2-3-10-20/h4-6,12-14,18H,2-3,7-11H2,1H3,(H,19,21). The molecule has 0 radical (unpaired) electrons. The number of hydrogen-bond acceptors (Lipinski definition) is 3. The summed E-state index contributed by atoms with van der Waals surface area (Å²) in [4.78, 5) is 14.8. The van der Waals surface area contributed by atoms with Crippen LogP contribution in [0.5, 0.6) is 0 Å². The van der Waals surface area contributed by atoms with Gasteiger partial charge in [-0.05, 0) is 57.4 Å². The molecule has 2 fully saturated rings. The highest BCUT2D eigenvalue weighted by Crippen LogP contribution is 2.24. The molecule has 2 saturated heterocycles. The second-order valence-electron chi connectivity index (χ2n) is 6.31. The van der Waals surface area contributed by atoms with E-state index in [0.29, 0.717) is 6.04 Å². The molecule has 2 aliphatic rings. The first-order valence-electron chi connectivity index (χ1n) is 8.11. The summed E-state index contributed by atoms with van der Waals surface area (Å²) in [6, 6.07) is 8.70. The summed E-state index contributed by atoms with van der Waals surface area (Å²) in [7, 11) is 0. The molecule has 0 aliphatic carbocycles. The van der Waals surface area contributed by atoms with Crippen LogP contribution in [-0.2, 0) is 4.79 Å². The zero-order valence-electron chi connectivity index (χ0n) is 12.8. The van der Waals surface area contributed by atoms with Crippen LogP contribution in [0.15, 0.2) is 24.3 Å². The molecule has 2 heterocycles. The third kappa shape index (κ3) is 3.56. The highest BCUT2D eigenvalue weighted by molar-refractivity contribution is 5.93. The number of carbonyl (C=O) groups excluding carboxylic acids is 1. The van der Waals surface area contributed by atoms with Gasteiger partial charge < -0.3 is 15.5 Å². The first-order valence-corrected chi connectivity index (χ1v) is 8.11. The third-order valence-electron chi connectivity index (χ3n) is 4.58. The molecular formula is C17H25N3O. The van der Waals surface area contributed by atoms with Gasteiger partial charge in [0.15, 0.2) is 0 Å². The topological polar surface area (TPSA) is 44.4 Å². The van der Waals surface area contributed by atoms with E-state index in [-0.39, 0.29) is 11.8 Å². The molecule has 114 valence electrons. The Morgan fingerprint density at radius 1 is 1.33 bits per heavy atom. The van der Waals surface area contributed by atoms with E-state index in [1.165, 1.54) is 18.5 Å². The lowest BCUT2D eigenvalue weighted by atomic mass is 9.92. The van der Waals surface area contributed by atoms with Crippen molar-refractivity contribution in [2.24, 2.45) is 5.92 Å². The zero-order valence-corrected chi connectivity index (χ0v) is 12.8. The van der Waals surface area contributed by atoms with E-state index in [1.807, 2.05) is 12.1 Å². The zero-order chi connectivity index (χ0) is 14.7. The molecule has 1 aromatic rings. The number of piperidine rings is 1. The van der Waals surface area contributed by atoms with Crippen molar-refractivity contribution in [3.8, 4) is 0 Å². The summed E-state index contributed by atoms with van der Waals surface area (Å²) >= 11 is 0. The number of nitrogens with one attached hydrogen (secondary N) is 2. The van der Waals surface area contributed by atoms with E-state index in [4.69, 9.17) is 0 Å². The Morgan fingerprint density at radius 2 is 2.14 bits per heavy atom. The monoisotopic (exact) mass is 287 g/mol. The first-order chi connectivity index (χ1) is 10.2. The Hall–Kier alpha value is -1.55. The van der Waals surface area contributed by atoms with Crippen molar-refractivity contribution in [1.82, 2.24) is 5.32 Å². The fourth-order valence-electron chi connectivity index (χ4n) is 3.37. The SMILES string of the molecule is CC1CC(C(=O)Nc2cccc(N3CCCC3)c2)CCN1. The third-order valence-corrected chi connectivity index (χ3v) is 4.58. The second-order valence-corrected chi connectivity index (χ2v) is 6.31. The van der Waals surface area contributed by atoms with Crippen LogP contribution in [0, 0.1) is 5.92 Å². The molecule has 2 atom stereocenters. The minimum absolute atomic E-state index is 0.136. The molecular weight excluding hydrogens is 262 g/mol. The summed E-state index contributed by atoms with van der Waals surface area (Å²) in [5.74, 6) is 0.304. The van der Waals surface area contributed by atoms with E-state index in [2.05, 4.69) is 34.6 Å².